The Hall–Kier alpha value is -1.68. The zero-order chi connectivity index (χ0) is 18.8. The lowest BCUT2D eigenvalue weighted by Gasteiger charge is -2.19. The average Bonchev–Trinajstić information content (AvgIpc) is 2.99. The second-order valence-corrected chi connectivity index (χ2v) is 6.69. The summed E-state index contributed by atoms with van der Waals surface area (Å²) in [6.07, 6.45) is 2.82. The van der Waals surface area contributed by atoms with Crippen molar-refractivity contribution < 1.29 is 24.4 Å². The van der Waals surface area contributed by atoms with E-state index in [1.165, 1.54) is 0 Å². The van der Waals surface area contributed by atoms with Gasteiger partial charge in [0.15, 0.2) is 5.79 Å². The molecule has 0 aliphatic carbocycles. The van der Waals surface area contributed by atoms with Gasteiger partial charge in [-0.2, -0.15) is 0 Å². The largest absolute Gasteiger partial charge is 0.390 e. The van der Waals surface area contributed by atoms with Crippen molar-refractivity contribution in [2.24, 2.45) is 0 Å². The van der Waals surface area contributed by atoms with Gasteiger partial charge >= 0.3 is 0 Å². The molecule has 1 fully saturated rings. The minimum Gasteiger partial charge on any atom is -0.390 e. The SMILES string of the molecule is CC1(C)OC[C@H]([C@@H](O)C/C=C\CC(O)C#CCOCc2ccccc2)O1. The molecule has 1 saturated heterocycles. The van der Waals surface area contributed by atoms with Crippen LogP contribution < -0.4 is 0 Å². The minimum atomic E-state index is -0.742. The molecule has 0 spiro atoms. The van der Waals surface area contributed by atoms with E-state index in [1.807, 2.05) is 56.3 Å². The number of aliphatic hydroxyl groups excluding tert-OH is 2. The molecule has 1 aromatic rings. The van der Waals surface area contributed by atoms with Gasteiger partial charge < -0.3 is 24.4 Å². The first kappa shape index (κ1) is 20.6. The number of rotatable bonds is 8. The van der Waals surface area contributed by atoms with Gasteiger partial charge in [0.25, 0.3) is 0 Å². The van der Waals surface area contributed by atoms with Gasteiger partial charge in [-0.15, -0.1) is 0 Å². The van der Waals surface area contributed by atoms with Crippen LogP contribution in [0.3, 0.4) is 0 Å². The van der Waals surface area contributed by atoms with Gasteiger partial charge in [0, 0.05) is 6.42 Å². The van der Waals surface area contributed by atoms with Crippen LogP contribution in [0, 0.1) is 11.8 Å². The van der Waals surface area contributed by atoms with Gasteiger partial charge in [-0.1, -0.05) is 54.3 Å². The molecule has 0 amide bonds. The van der Waals surface area contributed by atoms with Crippen molar-refractivity contribution in [1.29, 1.82) is 0 Å². The molecule has 0 radical (unpaired) electrons. The fourth-order valence-electron chi connectivity index (χ4n) is 2.53. The van der Waals surface area contributed by atoms with Gasteiger partial charge in [0.1, 0.15) is 18.8 Å². The molecule has 0 aromatic heterocycles. The van der Waals surface area contributed by atoms with E-state index >= 15 is 0 Å². The molecule has 1 aliphatic rings. The average molecular weight is 360 g/mol. The van der Waals surface area contributed by atoms with Crippen LogP contribution >= 0.6 is 0 Å². The van der Waals surface area contributed by atoms with Crippen molar-refractivity contribution >= 4 is 0 Å². The number of aliphatic hydroxyl groups is 2. The van der Waals surface area contributed by atoms with E-state index < -0.39 is 18.0 Å². The lowest BCUT2D eigenvalue weighted by molar-refractivity contribution is -0.150. The van der Waals surface area contributed by atoms with Crippen LogP contribution in [0.2, 0.25) is 0 Å². The van der Waals surface area contributed by atoms with Crippen LogP contribution in [0.25, 0.3) is 0 Å². The molecule has 2 N–H and O–H groups in total. The van der Waals surface area contributed by atoms with E-state index in [4.69, 9.17) is 14.2 Å². The summed E-state index contributed by atoms with van der Waals surface area (Å²) in [6.45, 7) is 4.83. The summed E-state index contributed by atoms with van der Waals surface area (Å²) < 4.78 is 16.5. The molecular weight excluding hydrogens is 332 g/mol. The lowest BCUT2D eigenvalue weighted by Crippen LogP contribution is -2.30. The third-order valence-corrected chi connectivity index (χ3v) is 3.92. The summed E-state index contributed by atoms with van der Waals surface area (Å²) >= 11 is 0. The van der Waals surface area contributed by atoms with Crippen LogP contribution in [0.5, 0.6) is 0 Å². The zero-order valence-corrected chi connectivity index (χ0v) is 15.4. The van der Waals surface area contributed by atoms with Gasteiger partial charge in [-0.25, -0.2) is 0 Å². The fraction of sp³-hybridized carbons (Fsp3) is 0.524. The van der Waals surface area contributed by atoms with Gasteiger partial charge in [-0.05, 0) is 25.8 Å². The molecule has 26 heavy (non-hydrogen) atoms. The molecule has 0 saturated carbocycles. The summed E-state index contributed by atoms with van der Waals surface area (Å²) in [5.74, 6) is 4.93. The Kier molecular flexibility index (Phi) is 8.30. The van der Waals surface area contributed by atoms with Crippen molar-refractivity contribution in [3.63, 3.8) is 0 Å². The summed E-state index contributed by atoms with van der Waals surface area (Å²) in [6, 6.07) is 9.87. The van der Waals surface area contributed by atoms with E-state index in [9.17, 15) is 10.2 Å². The van der Waals surface area contributed by atoms with Crippen LogP contribution in [0.15, 0.2) is 42.5 Å². The minimum absolute atomic E-state index is 0.281. The number of ether oxygens (including phenoxy) is 3. The lowest BCUT2D eigenvalue weighted by atomic mass is 10.1. The smallest absolute Gasteiger partial charge is 0.163 e. The predicted octanol–water partition coefficient (Wildman–Crippen LogP) is 2.42. The maximum atomic E-state index is 10.1. The molecule has 0 bridgehead atoms. The number of benzene rings is 1. The molecule has 2 rings (SSSR count). The maximum absolute atomic E-state index is 10.1. The molecule has 142 valence electrons. The van der Waals surface area contributed by atoms with Crippen molar-refractivity contribution in [3.8, 4) is 11.8 Å². The molecule has 3 atom stereocenters. The molecule has 1 heterocycles. The Morgan fingerprint density at radius 2 is 1.96 bits per heavy atom. The molecule has 1 unspecified atom stereocenters. The maximum Gasteiger partial charge on any atom is 0.163 e. The van der Waals surface area contributed by atoms with Crippen molar-refractivity contribution in [1.82, 2.24) is 0 Å². The van der Waals surface area contributed by atoms with E-state index in [0.29, 0.717) is 26.1 Å². The Bertz CT molecular complexity index is 614. The third kappa shape index (κ3) is 7.69. The van der Waals surface area contributed by atoms with Crippen molar-refractivity contribution in [2.45, 2.75) is 57.4 Å². The van der Waals surface area contributed by atoms with Crippen LogP contribution in [-0.2, 0) is 20.8 Å². The number of hydrogen-bond donors (Lipinski definition) is 2. The Morgan fingerprint density at radius 1 is 1.23 bits per heavy atom. The second-order valence-electron chi connectivity index (χ2n) is 6.69. The van der Waals surface area contributed by atoms with Gasteiger partial charge in [0.2, 0.25) is 0 Å². The Balaban J connectivity index is 1.58. The third-order valence-electron chi connectivity index (χ3n) is 3.92. The topological polar surface area (TPSA) is 68.2 Å². The highest BCUT2D eigenvalue weighted by atomic mass is 16.7. The Morgan fingerprint density at radius 3 is 2.65 bits per heavy atom. The number of hydrogen-bond acceptors (Lipinski definition) is 5. The van der Waals surface area contributed by atoms with Gasteiger partial charge in [-0.3, -0.25) is 0 Å². The first-order chi connectivity index (χ1) is 12.5. The standard InChI is InChI=1S/C21H28O5/c1-21(2)25-16-20(26-21)19(23)13-7-6-11-18(22)12-8-14-24-15-17-9-4-3-5-10-17/h3-7,9-10,18-20,22-23H,11,13-16H2,1-2H3/b7-6-/t18?,19-,20+/m0/s1. The van der Waals surface area contributed by atoms with Crippen LogP contribution in [0.1, 0.15) is 32.3 Å². The fourth-order valence-corrected chi connectivity index (χ4v) is 2.53. The second kappa shape index (κ2) is 10.5. The highest BCUT2D eigenvalue weighted by molar-refractivity contribution is 5.13. The zero-order valence-electron chi connectivity index (χ0n) is 15.4. The molecule has 5 heteroatoms. The molecule has 1 aliphatic heterocycles. The van der Waals surface area contributed by atoms with Gasteiger partial charge in [0.05, 0.1) is 19.3 Å². The first-order valence-electron chi connectivity index (χ1n) is 8.89. The summed E-state index contributed by atoms with van der Waals surface area (Å²) in [4.78, 5) is 0. The highest BCUT2D eigenvalue weighted by Gasteiger charge is 2.36. The van der Waals surface area contributed by atoms with Crippen molar-refractivity contribution in [2.75, 3.05) is 13.2 Å². The molecule has 1 aromatic carbocycles. The highest BCUT2D eigenvalue weighted by Crippen LogP contribution is 2.25. The summed E-state index contributed by atoms with van der Waals surface area (Å²) in [7, 11) is 0. The Labute approximate surface area is 155 Å². The molecular formula is C21H28O5. The monoisotopic (exact) mass is 360 g/mol. The van der Waals surface area contributed by atoms with E-state index in [-0.39, 0.29) is 12.7 Å². The van der Waals surface area contributed by atoms with Crippen LogP contribution in [0.4, 0.5) is 0 Å². The van der Waals surface area contributed by atoms with E-state index in [1.54, 1.807) is 0 Å². The predicted molar refractivity (Wildman–Crippen MR) is 99.2 cm³/mol. The summed E-state index contributed by atoms with van der Waals surface area (Å²) in [5, 5.41) is 19.9. The normalized spacial score (nSPS) is 21.3. The van der Waals surface area contributed by atoms with Crippen LogP contribution in [-0.4, -0.2) is 47.5 Å². The van der Waals surface area contributed by atoms with E-state index in [2.05, 4.69) is 11.8 Å². The van der Waals surface area contributed by atoms with E-state index in [0.717, 1.165) is 5.56 Å². The first-order valence-corrected chi connectivity index (χ1v) is 8.89. The van der Waals surface area contributed by atoms with Crippen molar-refractivity contribution in [3.05, 3.63) is 48.0 Å². The quantitative estimate of drug-likeness (QED) is 0.423. The summed E-state index contributed by atoms with van der Waals surface area (Å²) in [5.41, 5.74) is 1.09. The molecule has 5 nitrogen and oxygen atoms in total.